The maximum absolute atomic E-state index is 13.2. The van der Waals surface area contributed by atoms with Crippen molar-refractivity contribution in [3.63, 3.8) is 0 Å². The van der Waals surface area contributed by atoms with Crippen LogP contribution in [-0.4, -0.2) is 32.2 Å². The van der Waals surface area contributed by atoms with Crippen molar-refractivity contribution in [2.45, 2.75) is 47.0 Å². The van der Waals surface area contributed by atoms with Crippen molar-refractivity contribution in [3.05, 3.63) is 58.7 Å². The highest BCUT2D eigenvalue weighted by Crippen LogP contribution is 2.34. The van der Waals surface area contributed by atoms with E-state index in [0.717, 1.165) is 53.0 Å². The first-order chi connectivity index (χ1) is 16.1. The van der Waals surface area contributed by atoms with Crippen LogP contribution in [0.25, 0.3) is 12.2 Å². The van der Waals surface area contributed by atoms with Gasteiger partial charge in [-0.15, -0.1) is 0 Å². The van der Waals surface area contributed by atoms with Gasteiger partial charge in [0.2, 0.25) is 0 Å². The number of benzene rings is 2. The topological polar surface area (TPSA) is 54.0 Å². The quantitative estimate of drug-likeness (QED) is 0.387. The predicted octanol–water partition coefficient (Wildman–Crippen LogP) is 6.50. The van der Waals surface area contributed by atoms with Gasteiger partial charge in [0.15, 0.2) is 28.8 Å². The van der Waals surface area contributed by atoms with Crippen LogP contribution in [0, 0.1) is 0 Å². The van der Waals surface area contributed by atoms with Gasteiger partial charge in [0.05, 0.1) is 26.4 Å². The molecule has 1 aliphatic rings. The Balaban J connectivity index is 1.86. The second kappa shape index (κ2) is 12.1. The third kappa shape index (κ3) is 6.41. The monoisotopic (exact) mass is 450 g/mol. The number of hydrogen-bond acceptors (Lipinski definition) is 5. The average Bonchev–Trinajstić information content (AvgIpc) is 2.80. The Labute approximate surface area is 197 Å². The standard InChI is InChI=1S/C28H34O5/c1-5-30-24-14-12-20(18-26(24)32-7-3)16-22-10-9-11-23(28(22)29)17-21-13-15-25(31-6-2)27(19-21)33-8-4/h12-19H,5-11H2,1-4H3/b22-16-,23-17+. The van der Waals surface area contributed by atoms with Crippen LogP contribution >= 0.6 is 0 Å². The fourth-order valence-corrected chi connectivity index (χ4v) is 3.90. The molecule has 5 nitrogen and oxygen atoms in total. The SMILES string of the molecule is CCOc1ccc(/C=C2/CCC/C(=C\c3ccc(OCC)c(OCC)c3)C2=O)cc1OCC. The van der Waals surface area contributed by atoms with Crippen LogP contribution in [0.3, 0.4) is 0 Å². The van der Waals surface area contributed by atoms with Crippen molar-refractivity contribution in [2.24, 2.45) is 0 Å². The Bertz CT molecular complexity index is 939. The van der Waals surface area contributed by atoms with Crippen LogP contribution < -0.4 is 18.9 Å². The first kappa shape index (κ1) is 24.4. The molecule has 0 atom stereocenters. The minimum atomic E-state index is 0.0972. The van der Waals surface area contributed by atoms with Crippen molar-refractivity contribution in [3.8, 4) is 23.0 Å². The molecule has 0 aromatic heterocycles. The molecule has 1 fully saturated rings. The van der Waals surface area contributed by atoms with Crippen molar-refractivity contribution in [1.82, 2.24) is 0 Å². The minimum Gasteiger partial charge on any atom is -0.490 e. The molecule has 0 spiro atoms. The van der Waals surface area contributed by atoms with Gasteiger partial charge in [0.1, 0.15) is 0 Å². The molecule has 2 aromatic rings. The summed E-state index contributed by atoms with van der Waals surface area (Å²) in [5.41, 5.74) is 3.50. The van der Waals surface area contributed by atoms with E-state index in [2.05, 4.69) is 0 Å². The van der Waals surface area contributed by atoms with Gasteiger partial charge in [0.25, 0.3) is 0 Å². The summed E-state index contributed by atoms with van der Waals surface area (Å²) in [6.07, 6.45) is 6.41. The van der Waals surface area contributed by atoms with Gasteiger partial charge < -0.3 is 18.9 Å². The molecule has 0 heterocycles. The first-order valence-electron chi connectivity index (χ1n) is 11.8. The van der Waals surface area contributed by atoms with Gasteiger partial charge in [-0.2, -0.15) is 0 Å². The molecule has 0 amide bonds. The van der Waals surface area contributed by atoms with Gasteiger partial charge in [-0.05, 0) is 94.5 Å². The molecular weight excluding hydrogens is 416 g/mol. The van der Waals surface area contributed by atoms with Crippen molar-refractivity contribution in [2.75, 3.05) is 26.4 Å². The molecule has 5 heteroatoms. The fourth-order valence-electron chi connectivity index (χ4n) is 3.90. The lowest BCUT2D eigenvalue weighted by Crippen LogP contribution is -2.12. The van der Waals surface area contributed by atoms with E-state index in [1.807, 2.05) is 76.2 Å². The number of carbonyl (C=O) groups is 1. The minimum absolute atomic E-state index is 0.0972. The summed E-state index contributed by atoms with van der Waals surface area (Å²) in [6, 6.07) is 11.6. The lowest BCUT2D eigenvalue weighted by Gasteiger charge is -2.17. The number of carbonyl (C=O) groups excluding carboxylic acids is 1. The van der Waals surface area contributed by atoms with Crippen LogP contribution in [0.1, 0.15) is 58.1 Å². The third-order valence-electron chi connectivity index (χ3n) is 5.29. The first-order valence-corrected chi connectivity index (χ1v) is 11.8. The molecule has 0 aliphatic heterocycles. The second-order valence-electron chi connectivity index (χ2n) is 7.67. The number of rotatable bonds is 10. The highest BCUT2D eigenvalue weighted by Gasteiger charge is 2.21. The van der Waals surface area contributed by atoms with E-state index in [0.29, 0.717) is 37.9 Å². The largest absolute Gasteiger partial charge is 0.490 e. The van der Waals surface area contributed by atoms with Crippen molar-refractivity contribution in [1.29, 1.82) is 0 Å². The normalized spacial score (nSPS) is 16.2. The summed E-state index contributed by atoms with van der Waals surface area (Å²) in [4.78, 5) is 13.2. The highest BCUT2D eigenvalue weighted by molar-refractivity contribution is 6.14. The van der Waals surface area contributed by atoms with Gasteiger partial charge in [-0.3, -0.25) is 4.79 Å². The molecule has 1 aliphatic carbocycles. The van der Waals surface area contributed by atoms with Crippen molar-refractivity contribution >= 4 is 17.9 Å². The van der Waals surface area contributed by atoms with E-state index in [-0.39, 0.29) is 5.78 Å². The predicted molar refractivity (Wildman–Crippen MR) is 132 cm³/mol. The average molecular weight is 451 g/mol. The highest BCUT2D eigenvalue weighted by atomic mass is 16.5. The van der Waals surface area contributed by atoms with Gasteiger partial charge in [-0.25, -0.2) is 0 Å². The zero-order valence-corrected chi connectivity index (χ0v) is 20.1. The molecule has 3 rings (SSSR count). The number of ketones is 1. The Morgan fingerprint density at radius 2 is 1.03 bits per heavy atom. The van der Waals surface area contributed by atoms with E-state index < -0.39 is 0 Å². The summed E-state index contributed by atoms with van der Waals surface area (Å²) in [5.74, 6) is 2.94. The summed E-state index contributed by atoms with van der Waals surface area (Å²) < 4.78 is 22.8. The Kier molecular flexibility index (Phi) is 8.99. The van der Waals surface area contributed by atoms with Crippen molar-refractivity contribution < 1.29 is 23.7 Å². The zero-order chi connectivity index (χ0) is 23.6. The van der Waals surface area contributed by atoms with Crippen LogP contribution in [-0.2, 0) is 4.79 Å². The number of Topliss-reactive ketones (excluding diaryl/α,β-unsaturated/α-hetero) is 1. The zero-order valence-electron chi connectivity index (χ0n) is 20.1. The van der Waals surface area contributed by atoms with Gasteiger partial charge >= 0.3 is 0 Å². The molecule has 33 heavy (non-hydrogen) atoms. The van der Waals surface area contributed by atoms with E-state index >= 15 is 0 Å². The van der Waals surface area contributed by atoms with Gasteiger partial charge in [-0.1, -0.05) is 12.1 Å². The Hall–Kier alpha value is -3.21. The molecule has 0 bridgehead atoms. The maximum Gasteiger partial charge on any atom is 0.185 e. The number of hydrogen-bond donors (Lipinski definition) is 0. The molecule has 0 N–H and O–H groups in total. The summed E-state index contributed by atoms with van der Waals surface area (Å²) in [7, 11) is 0. The summed E-state index contributed by atoms with van der Waals surface area (Å²) in [5, 5.41) is 0. The molecule has 0 radical (unpaired) electrons. The third-order valence-corrected chi connectivity index (χ3v) is 5.29. The van der Waals surface area contributed by atoms with E-state index in [4.69, 9.17) is 18.9 Å². The molecule has 2 aromatic carbocycles. The van der Waals surface area contributed by atoms with E-state index in [1.165, 1.54) is 0 Å². The lowest BCUT2D eigenvalue weighted by atomic mass is 9.87. The van der Waals surface area contributed by atoms with Crippen LogP contribution in [0.2, 0.25) is 0 Å². The number of allylic oxidation sites excluding steroid dienone is 2. The van der Waals surface area contributed by atoms with Crippen LogP contribution in [0.4, 0.5) is 0 Å². The molecule has 0 saturated heterocycles. The molecular formula is C28H34O5. The molecule has 0 unspecified atom stereocenters. The lowest BCUT2D eigenvalue weighted by molar-refractivity contribution is -0.112. The smallest absolute Gasteiger partial charge is 0.185 e. The van der Waals surface area contributed by atoms with E-state index in [1.54, 1.807) is 0 Å². The molecule has 176 valence electrons. The van der Waals surface area contributed by atoms with Gasteiger partial charge in [0, 0.05) is 11.1 Å². The Morgan fingerprint density at radius 1 is 0.636 bits per heavy atom. The Morgan fingerprint density at radius 3 is 1.42 bits per heavy atom. The van der Waals surface area contributed by atoms with E-state index in [9.17, 15) is 4.79 Å². The maximum atomic E-state index is 13.2. The number of ether oxygens (including phenoxy) is 4. The van der Waals surface area contributed by atoms with Crippen LogP contribution in [0.5, 0.6) is 23.0 Å². The molecule has 1 saturated carbocycles. The fraction of sp³-hybridized carbons (Fsp3) is 0.393. The van der Waals surface area contributed by atoms with Crippen LogP contribution in [0.15, 0.2) is 47.5 Å². The second-order valence-corrected chi connectivity index (χ2v) is 7.67. The summed E-state index contributed by atoms with van der Waals surface area (Å²) >= 11 is 0. The summed E-state index contributed by atoms with van der Waals surface area (Å²) in [6.45, 7) is 10.0.